The van der Waals surface area contributed by atoms with Gasteiger partial charge in [0.1, 0.15) is 23.0 Å². The van der Waals surface area contributed by atoms with Crippen LogP contribution < -0.4 is 19.1 Å². The summed E-state index contributed by atoms with van der Waals surface area (Å²) in [5, 5.41) is 11.8. The Balaban J connectivity index is 1.98. The molecule has 1 aliphatic heterocycles. The molecule has 1 fully saturated rings. The normalized spacial score (nSPS) is 16.5. The first-order valence-electron chi connectivity index (χ1n) is 11.6. The van der Waals surface area contributed by atoms with Crippen LogP contribution in [0.4, 0.5) is 5.69 Å². The van der Waals surface area contributed by atoms with Crippen molar-refractivity contribution in [3.8, 4) is 17.2 Å². The number of methoxy groups -OCH3 is 2. The number of hydrogen-bond acceptors (Lipinski definition) is 7. The number of nitrogens with zero attached hydrogens (tertiary/aromatic N) is 1. The Morgan fingerprint density at radius 2 is 1.53 bits per heavy atom. The van der Waals surface area contributed by atoms with Gasteiger partial charge in [-0.25, -0.2) is 0 Å². The van der Waals surface area contributed by atoms with Crippen molar-refractivity contribution in [2.75, 3.05) is 19.1 Å². The van der Waals surface area contributed by atoms with E-state index < -0.39 is 29.5 Å². The van der Waals surface area contributed by atoms with Crippen LogP contribution in [0.1, 0.15) is 35.2 Å². The van der Waals surface area contributed by atoms with Gasteiger partial charge in [-0.2, -0.15) is 0 Å². The summed E-state index contributed by atoms with van der Waals surface area (Å²) in [4.78, 5) is 39.7. The van der Waals surface area contributed by atoms with Gasteiger partial charge in [0.2, 0.25) is 0 Å². The SMILES string of the molecule is COc1cc(/C(O)=C2\C(=O)C(=O)N(c3cc(C)cc(C)c3)C2c2ccc(OC(C)=O)cc2)c(OC)cc1Cl. The van der Waals surface area contributed by atoms with Crippen molar-refractivity contribution in [3.05, 3.63) is 87.4 Å². The molecule has 8 nitrogen and oxygen atoms in total. The Hall–Kier alpha value is -4.30. The molecule has 1 atom stereocenters. The van der Waals surface area contributed by atoms with Crippen molar-refractivity contribution in [2.45, 2.75) is 26.8 Å². The molecule has 1 saturated heterocycles. The summed E-state index contributed by atoms with van der Waals surface area (Å²) in [6.45, 7) is 5.07. The molecule has 1 aliphatic rings. The molecule has 0 saturated carbocycles. The first-order valence-corrected chi connectivity index (χ1v) is 12.0. The van der Waals surface area contributed by atoms with Crippen molar-refractivity contribution in [3.63, 3.8) is 0 Å². The molecule has 0 radical (unpaired) electrons. The van der Waals surface area contributed by atoms with Crippen molar-refractivity contribution in [1.82, 2.24) is 0 Å². The molecule has 0 aliphatic carbocycles. The van der Waals surface area contributed by atoms with Crippen LogP contribution in [0.25, 0.3) is 5.76 Å². The van der Waals surface area contributed by atoms with Crippen LogP contribution in [0.15, 0.2) is 60.2 Å². The number of hydrogen-bond donors (Lipinski definition) is 1. The van der Waals surface area contributed by atoms with Crippen molar-refractivity contribution >= 4 is 40.7 Å². The number of aliphatic hydroxyl groups excluding tert-OH is 1. The second-order valence-corrected chi connectivity index (χ2v) is 9.27. The van der Waals surface area contributed by atoms with Gasteiger partial charge in [-0.3, -0.25) is 19.3 Å². The molecule has 1 amide bonds. The van der Waals surface area contributed by atoms with Crippen molar-refractivity contribution in [2.24, 2.45) is 0 Å². The maximum atomic E-state index is 13.5. The Morgan fingerprint density at radius 3 is 2.08 bits per heavy atom. The molecule has 1 unspecified atom stereocenters. The van der Waals surface area contributed by atoms with Gasteiger partial charge in [-0.1, -0.05) is 29.8 Å². The Bertz CT molecular complexity index is 1460. The number of Topliss-reactive ketones (excluding diaryl/α,β-unsaturated/α-hetero) is 1. The van der Waals surface area contributed by atoms with Gasteiger partial charge in [0.15, 0.2) is 0 Å². The standard InChI is InChI=1S/C29H26ClNO7/c1-15-10-16(2)12-19(11-15)31-26(18-6-8-20(9-7-18)38-17(3)32)25(28(34)29(31)35)27(33)21-13-24(37-5)22(30)14-23(21)36-4/h6-14,26,33H,1-5H3/b27-25+. The first kappa shape index (κ1) is 26.8. The molecule has 3 aromatic carbocycles. The molecule has 9 heteroatoms. The molecule has 3 aromatic rings. The summed E-state index contributed by atoms with van der Waals surface area (Å²) < 4.78 is 15.8. The highest BCUT2D eigenvalue weighted by atomic mass is 35.5. The molecular weight excluding hydrogens is 510 g/mol. The van der Waals surface area contributed by atoms with Crippen molar-refractivity contribution < 1.29 is 33.7 Å². The number of aryl methyl sites for hydroxylation is 2. The van der Waals surface area contributed by atoms with E-state index in [9.17, 15) is 19.5 Å². The number of rotatable bonds is 6. The second-order valence-electron chi connectivity index (χ2n) is 8.86. The number of halogens is 1. The average molecular weight is 536 g/mol. The largest absolute Gasteiger partial charge is 0.507 e. The van der Waals surface area contributed by atoms with E-state index in [4.69, 9.17) is 25.8 Å². The molecule has 1 heterocycles. The first-order chi connectivity index (χ1) is 18.0. The molecule has 4 rings (SSSR count). The maximum absolute atomic E-state index is 13.5. The second kappa shape index (κ2) is 10.6. The molecule has 196 valence electrons. The number of benzene rings is 3. The lowest BCUT2D eigenvalue weighted by molar-refractivity contribution is -0.132. The minimum Gasteiger partial charge on any atom is -0.507 e. The molecule has 0 spiro atoms. The lowest BCUT2D eigenvalue weighted by Gasteiger charge is -2.26. The van der Waals surface area contributed by atoms with Gasteiger partial charge in [-0.05, 0) is 60.9 Å². The smallest absolute Gasteiger partial charge is 0.308 e. The number of esters is 1. The summed E-state index contributed by atoms with van der Waals surface area (Å²) in [5.41, 5.74) is 2.80. The van der Waals surface area contributed by atoms with E-state index in [1.807, 2.05) is 19.9 Å². The quantitative estimate of drug-likeness (QED) is 0.146. The summed E-state index contributed by atoms with van der Waals surface area (Å²) >= 11 is 6.24. The molecule has 1 N–H and O–H groups in total. The van der Waals surface area contributed by atoms with Crippen LogP contribution in [0.2, 0.25) is 5.02 Å². The molecular formula is C29H26ClNO7. The number of amides is 1. The number of ketones is 1. The van der Waals surface area contributed by atoms with Crippen LogP contribution in [0, 0.1) is 13.8 Å². The number of ether oxygens (including phenoxy) is 3. The van der Waals surface area contributed by atoms with Gasteiger partial charge in [0.25, 0.3) is 11.7 Å². The highest BCUT2D eigenvalue weighted by molar-refractivity contribution is 6.51. The molecule has 0 aromatic heterocycles. The fourth-order valence-corrected chi connectivity index (χ4v) is 4.81. The lowest BCUT2D eigenvalue weighted by Crippen LogP contribution is -2.29. The molecule has 0 bridgehead atoms. The van der Waals surface area contributed by atoms with E-state index in [-0.39, 0.29) is 27.7 Å². The van der Waals surface area contributed by atoms with Gasteiger partial charge >= 0.3 is 5.97 Å². The van der Waals surface area contributed by atoms with E-state index in [0.29, 0.717) is 17.0 Å². The Labute approximate surface area is 225 Å². The van der Waals surface area contributed by atoms with Crippen molar-refractivity contribution in [1.29, 1.82) is 0 Å². The average Bonchev–Trinajstić information content (AvgIpc) is 3.13. The van der Waals surface area contributed by atoms with Crippen LogP contribution in [0.3, 0.4) is 0 Å². The predicted molar refractivity (Wildman–Crippen MR) is 143 cm³/mol. The van der Waals surface area contributed by atoms with Gasteiger partial charge in [0.05, 0.1) is 36.4 Å². The third kappa shape index (κ3) is 4.95. The number of carbonyl (C=O) groups is 3. The summed E-state index contributed by atoms with van der Waals surface area (Å²) in [7, 11) is 2.81. The fourth-order valence-electron chi connectivity index (χ4n) is 4.58. The topological polar surface area (TPSA) is 102 Å². The summed E-state index contributed by atoms with van der Waals surface area (Å²) in [6, 6.07) is 13.8. The van der Waals surface area contributed by atoms with Gasteiger partial charge in [0, 0.05) is 18.7 Å². The summed E-state index contributed by atoms with van der Waals surface area (Å²) in [5.74, 6) is -1.86. The van der Waals surface area contributed by atoms with E-state index >= 15 is 0 Å². The van der Waals surface area contributed by atoms with E-state index in [1.165, 1.54) is 38.2 Å². The summed E-state index contributed by atoms with van der Waals surface area (Å²) in [6.07, 6.45) is 0. The van der Waals surface area contributed by atoms with E-state index in [1.54, 1.807) is 36.4 Å². The minimum atomic E-state index is -0.992. The van der Waals surface area contributed by atoms with Crippen LogP contribution in [-0.4, -0.2) is 37.0 Å². The highest BCUT2D eigenvalue weighted by Gasteiger charge is 2.47. The zero-order valence-corrected chi connectivity index (χ0v) is 22.3. The van der Waals surface area contributed by atoms with E-state index in [2.05, 4.69) is 0 Å². The van der Waals surface area contributed by atoms with E-state index in [0.717, 1.165) is 11.1 Å². The lowest BCUT2D eigenvalue weighted by atomic mass is 9.94. The predicted octanol–water partition coefficient (Wildman–Crippen LogP) is 5.53. The van der Waals surface area contributed by atoms with Crippen LogP contribution in [0.5, 0.6) is 17.2 Å². The number of aliphatic hydroxyl groups is 1. The minimum absolute atomic E-state index is 0.133. The Morgan fingerprint density at radius 1 is 0.921 bits per heavy atom. The fraction of sp³-hybridized carbons (Fsp3) is 0.207. The van der Waals surface area contributed by atoms with Crippen LogP contribution in [-0.2, 0) is 14.4 Å². The third-order valence-corrected chi connectivity index (χ3v) is 6.41. The number of carbonyl (C=O) groups excluding carboxylic acids is 3. The maximum Gasteiger partial charge on any atom is 0.308 e. The third-order valence-electron chi connectivity index (χ3n) is 6.12. The number of anilines is 1. The monoisotopic (exact) mass is 535 g/mol. The van der Waals surface area contributed by atoms with Gasteiger partial charge in [-0.15, -0.1) is 0 Å². The highest BCUT2D eigenvalue weighted by Crippen LogP contribution is 2.45. The van der Waals surface area contributed by atoms with Gasteiger partial charge < -0.3 is 19.3 Å². The molecule has 38 heavy (non-hydrogen) atoms. The zero-order valence-electron chi connectivity index (χ0n) is 21.5. The van der Waals surface area contributed by atoms with Crippen LogP contribution >= 0.6 is 11.6 Å². The Kier molecular flexibility index (Phi) is 7.46. The zero-order chi connectivity index (χ0) is 27.7.